The summed E-state index contributed by atoms with van der Waals surface area (Å²) in [4.78, 5) is 14.5. The van der Waals surface area contributed by atoms with Crippen LogP contribution in [-0.2, 0) is 16.1 Å². The summed E-state index contributed by atoms with van der Waals surface area (Å²) in [6.07, 6.45) is 2.87. The van der Waals surface area contributed by atoms with Gasteiger partial charge in [-0.15, -0.1) is 12.4 Å². The Bertz CT molecular complexity index is 671. The molecule has 0 aliphatic carbocycles. The molecule has 0 spiro atoms. The van der Waals surface area contributed by atoms with Crippen LogP contribution in [0.15, 0.2) is 30.5 Å². The zero-order chi connectivity index (χ0) is 15.5. The van der Waals surface area contributed by atoms with E-state index >= 15 is 0 Å². The van der Waals surface area contributed by atoms with E-state index < -0.39 is 0 Å². The summed E-state index contributed by atoms with van der Waals surface area (Å²) in [6.45, 7) is 4.91. The number of ether oxygens (including phenoxy) is 1. The predicted molar refractivity (Wildman–Crippen MR) is 93.9 cm³/mol. The van der Waals surface area contributed by atoms with Gasteiger partial charge in [-0.3, -0.25) is 4.79 Å². The molecular formula is C17H24ClN3O2. The second-order valence-corrected chi connectivity index (χ2v) is 5.88. The number of nitrogens with zero attached hydrogens (tertiary/aromatic N) is 2. The molecule has 0 radical (unpaired) electrons. The van der Waals surface area contributed by atoms with Gasteiger partial charge in [-0.25, -0.2) is 0 Å². The van der Waals surface area contributed by atoms with Crippen molar-refractivity contribution in [3.05, 3.63) is 36.0 Å². The second-order valence-electron chi connectivity index (χ2n) is 5.88. The molecule has 126 valence electrons. The van der Waals surface area contributed by atoms with E-state index in [1.165, 1.54) is 10.9 Å². The molecule has 0 bridgehead atoms. The fraction of sp³-hybridized carbons (Fsp3) is 0.471. The third-order valence-electron chi connectivity index (χ3n) is 4.26. The van der Waals surface area contributed by atoms with Crippen molar-refractivity contribution in [2.75, 3.05) is 26.2 Å². The van der Waals surface area contributed by atoms with Gasteiger partial charge >= 0.3 is 0 Å². The van der Waals surface area contributed by atoms with Crippen molar-refractivity contribution < 1.29 is 9.53 Å². The maximum Gasteiger partial charge on any atom is 0.242 e. The minimum atomic E-state index is -0.0467. The molecule has 1 saturated heterocycles. The number of aryl methyl sites for hydroxylation is 1. The van der Waals surface area contributed by atoms with Crippen LogP contribution in [0.1, 0.15) is 12.0 Å². The van der Waals surface area contributed by atoms with Crippen molar-refractivity contribution in [3.8, 4) is 0 Å². The van der Waals surface area contributed by atoms with Crippen molar-refractivity contribution in [2.45, 2.75) is 26.0 Å². The second kappa shape index (κ2) is 7.81. The van der Waals surface area contributed by atoms with Gasteiger partial charge in [0.2, 0.25) is 5.91 Å². The normalized spacial score (nSPS) is 18.5. The highest BCUT2D eigenvalue weighted by Crippen LogP contribution is 2.20. The number of carbonyl (C=O) groups is 1. The average molecular weight is 338 g/mol. The molecule has 2 aromatic rings. The first-order valence-corrected chi connectivity index (χ1v) is 7.83. The number of nitrogens with two attached hydrogens (primary N) is 1. The molecule has 1 fully saturated rings. The van der Waals surface area contributed by atoms with Crippen LogP contribution in [-0.4, -0.2) is 47.7 Å². The Morgan fingerprint density at radius 2 is 2.17 bits per heavy atom. The summed E-state index contributed by atoms with van der Waals surface area (Å²) in [7, 11) is 0. The smallest absolute Gasteiger partial charge is 0.242 e. The van der Waals surface area contributed by atoms with Crippen LogP contribution >= 0.6 is 12.4 Å². The quantitative estimate of drug-likeness (QED) is 0.931. The van der Waals surface area contributed by atoms with E-state index in [2.05, 4.69) is 25.3 Å². The Kier molecular flexibility index (Phi) is 6.04. The summed E-state index contributed by atoms with van der Waals surface area (Å²) in [6, 6.07) is 8.19. The molecule has 1 aliphatic heterocycles. The zero-order valence-electron chi connectivity index (χ0n) is 13.4. The lowest BCUT2D eigenvalue weighted by Gasteiger charge is -2.23. The summed E-state index contributed by atoms with van der Waals surface area (Å²) in [5.41, 5.74) is 8.00. The van der Waals surface area contributed by atoms with Crippen LogP contribution in [0.4, 0.5) is 0 Å². The van der Waals surface area contributed by atoms with Gasteiger partial charge in [0, 0.05) is 43.3 Å². The Hall–Kier alpha value is -1.56. The molecule has 1 amide bonds. The summed E-state index contributed by atoms with van der Waals surface area (Å²) in [5.74, 6) is 0.129. The van der Waals surface area contributed by atoms with Crippen molar-refractivity contribution >= 4 is 29.2 Å². The monoisotopic (exact) mass is 337 g/mol. The number of para-hydroxylation sites is 1. The Balaban J connectivity index is 0.00000192. The highest BCUT2D eigenvalue weighted by atomic mass is 35.5. The van der Waals surface area contributed by atoms with E-state index in [1.807, 2.05) is 21.6 Å². The predicted octanol–water partition coefficient (Wildman–Crippen LogP) is 1.95. The van der Waals surface area contributed by atoms with Crippen LogP contribution in [0.3, 0.4) is 0 Å². The number of amides is 1. The number of hydrogen-bond acceptors (Lipinski definition) is 3. The lowest BCUT2D eigenvalue weighted by Crippen LogP contribution is -2.41. The van der Waals surface area contributed by atoms with Gasteiger partial charge in [-0.1, -0.05) is 18.2 Å². The Labute approximate surface area is 142 Å². The first kappa shape index (κ1) is 17.8. The first-order valence-electron chi connectivity index (χ1n) is 7.83. The summed E-state index contributed by atoms with van der Waals surface area (Å²) >= 11 is 0. The SMILES string of the molecule is Cc1cn(CC(=O)N2CCCOC(CN)C2)c2ccccc12.Cl. The van der Waals surface area contributed by atoms with E-state index in [0.717, 1.165) is 18.5 Å². The molecule has 0 saturated carbocycles. The molecule has 1 unspecified atom stereocenters. The van der Waals surface area contributed by atoms with E-state index in [4.69, 9.17) is 10.5 Å². The summed E-state index contributed by atoms with van der Waals surface area (Å²) < 4.78 is 7.67. The third-order valence-corrected chi connectivity index (χ3v) is 4.26. The lowest BCUT2D eigenvalue weighted by atomic mass is 10.2. The van der Waals surface area contributed by atoms with Gasteiger partial charge in [-0.05, 0) is 25.0 Å². The van der Waals surface area contributed by atoms with Crippen LogP contribution in [0.5, 0.6) is 0 Å². The van der Waals surface area contributed by atoms with Crippen LogP contribution in [0.25, 0.3) is 10.9 Å². The molecule has 1 aliphatic rings. The van der Waals surface area contributed by atoms with Crippen molar-refractivity contribution in [1.29, 1.82) is 0 Å². The molecule has 2 heterocycles. The van der Waals surface area contributed by atoms with Gasteiger partial charge in [0.25, 0.3) is 0 Å². The number of carbonyl (C=O) groups excluding carboxylic acids is 1. The van der Waals surface area contributed by atoms with E-state index in [1.54, 1.807) is 0 Å². The van der Waals surface area contributed by atoms with E-state index in [0.29, 0.717) is 26.2 Å². The molecule has 23 heavy (non-hydrogen) atoms. The van der Waals surface area contributed by atoms with Gasteiger partial charge < -0.3 is 19.9 Å². The fourth-order valence-corrected chi connectivity index (χ4v) is 3.07. The molecule has 6 heteroatoms. The maximum absolute atomic E-state index is 12.6. The topological polar surface area (TPSA) is 60.5 Å². The highest BCUT2D eigenvalue weighted by Gasteiger charge is 2.22. The summed E-state index contributed by atoms with van der Waals surface area (Å²) in [5, 5.41) is 1.20. The number of aromatic nitrogens is 1. The van der Waals surface area contributed by atoms with Crippen molar-refractivity contribution in [2.24, 2.45) is 5.73 Å². The molecule has 1 aromatic carbocycles. The standard InChI is InChI=1S/C17H23N3O2.ClH/c1-13-10-20(16-6-3-2-5-15(13)16)12-17(21)19-7-4-8-22-14(9-18)11-19;/h2-3,5-6,10,14H,4,7-9,11-12,18H2,1H3;1H. The van der Waals surface area contributed by atoms with Crippen molar-refractivity contribution in [3.63, 3.8) is 0 Å². The molecule has 2 N–H and O–H groups in total. The Morgan fingerprint density at radius 1 is 1.39 bits per heavy atom. The fourth-order valence-electron chi connectivity index (χ4n) is 3.07. The van der Waals surface area contributed by atoms with Crippen molar-refractivity contribution in [1.82, 2.24) is 9.47 Å². The van der Waals surface area contributed by atoms with Crippen LogP contribution < -0.4 is 5.73 Å². The Morgan fingerprint density at radius 3 is 2.96 bits per heavy atom. The van der Waals surface area contributed by atoms with E-state index in [9.17, 15) is 4.79 Å². The van der Waals surface area contributed by atoms with Gasteiger partial charge in [-0.2, -0.15) is 0 Å². The third kappa shape index (κ3) is 3.86. The molecule has 3 rings (SSSR count). The molecule has 1 atom stereocenters. The van der Waals surface area contributed by atoms with Gasteiger partial charge in [0.05, 0.1) is 6.10 Å². The van der Waals surface area contributed by atoms with E-state index in [-0.39, 0.29) is 24.4 Å². The average Bonchev–Trinajstić information content (AvgIpc) is 2.73. The maximum atomic E-state index is 12.6. The number of halogens is 1. The number of benzene rings is 1. The zero-order valence-corrected chi connectivity index (χ0v) is 14.2. The number of hydrogen-bond donors (Lipinski definition) is 1. The highest BCUT2D eigenvalue weighted by molar-refractivity contribution is 5.86. The van der Waals surface area contributed by atoms with Crippen LogP contribution in [0, 0.1) is 6.92 Å². The molecule has 1 aromatic heterocycles. The minimum Gasteiger partial charge on any atom is -0.375 e. The number of fused-ring (bicyclic) bond motifs is 1. The van der Waals surface area contributed by atoms with Gasteiger partial charge in [0.1, 0.15) is 6.54 Å². The first-order chi connectivity index (χ1) is 10.7. The number of rotatable bonds is 3. The molecular weight excluding hydrogens is 314 g/mol. The molecule has 5 nitrogen and oxygen atoms in total. The van der Waals surface area contributed by atoms with Gasteiger partial charge in [0.15, 0.2) is 0 Å². The minimum absolute atomic E-state index is 0. The van der Waals surface area contributed by atoms with Crippen LogP contribution in [0.2, 0.25) is 0 Å². The largest absolute Gasteiger partial charge is 0.375 e. The lowest BCUT2D eigenvalue weighted by molar-refractivity contribution is -0.132.